The van der Waals surface area contributed by atoms with Crippen LogP contribution in [0.2, 0.25) is 0 Å². The summed E-state index contributed by atoms with van der Waals surface area (Å²) in [7, 11) is 1.50. The van der Waals surface area contributed by atoms with E-state index < -0.39 is 12.0 Å². The SMILES string of the molecule is COc1ccccc1C(=O)Nc1ccc(OC(=O)CC(NC(C)=O)c2ccc(C)cc2)cc1. The van der Waals surface area contributed by atoms with E-state index in [1.807, 2.05) is 31.2 Å². The van der Waals surface area contributed by atoms with Gasteiger partial charge in [0.15, 0.2) is 0 Å². The molecular weight excluding hydrogens is 420 g/mol. The molecule has 1 atom stereocenters. The molecule has 0 saturated carbocycles. The third-order valence-electron chi connectivity index (χ3n) is 4.92. The van der Waals surface area contributed by atoms with E-state index in [0.717, 1.165) is 11.1 Å². The van der Waals surface area contributed by atoms with Gasteiger partial charge in [0.2, 0.25) is 5.91 Å². The van der Waals surface area contributed by atoms with Gasteiger partial charge in [-0.05, 0) is 48.9 Å². The average molecular weight is 447 g/mol. The van der Waals surface area contributed by atoms with E-state index in [2.05, 4.69) is 10.6 Å². The van der Waals surface area contributed by atoms with E-state index in [9.17, 15) is 14.4 Å². The zero-order chi connectivity index (χ0) is 23.8. The molecule has 0 aliphatic carbocycles. The molecule has 0 aromatic heterocycles. The minimum Gasteiger partial charge on any atom is -0.496 e. The molecule has 1 unspecified atom stereocenters. The smallest absolute Gasteiger partial charge is 0.313 e. The van der Waals surface area contributed by atoms with Crippen LogP contribution in [0.25, 0.3) is 0 Å². The maximum absolute atomic E-state index is 12.5. The summed E-state index contributed by atoms with van der Waals surface area (Å²) in [4.78, 5) is 36.6. The van der Waals surface area contributed by atoms with Gasteiger partial charge < -0.3 is 20.1 Å². The largest absolute Gasteiger partial charge is 0.496 e. The second-order valence-electron chi connectivity index (χ2n) is 7.52. The Morgan fingerprint density at radius 2 is 1.58 bits per heavy atom. The third kappa shape index (κ3) is 6.67. The van der Waals surface area contributed by atoms with Crippen molar-refractivity contribution < 1.29 is 23.9 Å². The number of methoxy groups -OCH3 is 1. The molecule has 2 amide bonds. The molecule has 170 valence electrons. The van der Waals surface area contributed by atoms with Crippen LogP contribution in [0.15, 0.2) is 72.8 Å². The van der Waals surface area contributed by atoms with Crippen LogP contribution in [0.1, 0.15) is 40.9 Å². The maximum Gasteiger partial charge on any atom is 0.313 e. The number of esters is 1. The number of aryl methyl sites for hydroxylation is 1. The van der Waals surface area contributed by atoms with Gasteiger partial charge in [-0.2, -0.15) is 0 Å². The van der Waals surface area contributed by atoms with Crippen molar-refractivity contribution in [1.29, 1.82) is 0 Å². The van der Waals surface area contributed by atoms with Gasteiger partial charge in [0.1, 0.15) is 11.5 Å². The summed E-state index contributed by atoms with van der Waals surface area (Å²) in [5.74, 6) is -0.222. The summed E-state index contributed by atoms with van der Waals surface area (Å²) in [5.41, 5.74) is 2.86. The van der Waals surface area contributed by atoms with Gasteiger partial charge in [-0.15, -0.1) is 0 Å². The number of amides is 2. The van der Waals surface area contributed by atoms with Crippen LogP contribution in [0.4, 0.5) is 5.69 Å². The van der Waals surface area contributed by atoms with Gasteiger partial charge in [0.25, 0.3) is 5.91 Å². The number of ether oxygens (including phenoxy) is 2. The normalized spacial score (nSPS) is 11.2. The first-order valence-corrected chi connectivity index (χ1v) is 10.4. The molecule has 0 heterocycles. The molecule has 33 heavy (non-hydrogen) atoms. The van der Waals surface area contributed by atoms with Crippen molar-refractivity contribution in [2.75, 3.05) is 12.4 Å². The van der Waals surface area contributed by atoms with Gasteiger partial charge in [0.05, 0.1) is 25.1 Å². The highest BCUT2D eigenvalue weighted by molar-refractivity contribution is 6.06. The molecule has 0 bridgehead atoms. The van der Waals surface area contributed by atoms with Crippen molar-refractivity contribution in [3.8, 4) is 11.5 Å². The summed E-state index contributed by atoms with van der Waals surface area (Å²) in [6.07, 6.45) is -0.0189. The third-order valence-corrected chi connectivity index (χ3v) is 4.92. The lowest BCUT2D eigenvalue weighted by Crippen LogP contribution is -2.29. The van der Waals surface area contributed by atoms with Gasteiger partial charge in [-0.3, -0.25) is 14.4 Å². The minimum absolute atomic E-state index is 0.0189. The van der Waals surface area contributed by atoms with Crippen molar-refractivity contribution in [2.24, 2.45) is 0 Å². The molecule has 0 saturated heterocycles. The number of para-hydroxylation sites is 1. The van der Waals surface area contributed by atoms with Crippen LogP contribution in [-0.2, 0) is 9.59 Å². The summed E-state index contributed by atoms with van der Waals surface area (Å²) in [5, 5.41) is 5.58. The highest BCUT2D eigenvalue weighted by atomic mass is 16.5. The summed E-state index contributed by atoms with van der Waals surface area (Å²) in [6.45, 7) is 3.37. The second-order valence-corrected chi connectivity index (χ2v) is 7.52. The molecule has 0 aliphatic rings. The number of rotatable bonds is 8. The number of nitrogens with one attached hydrogen (secondary N) is 2. The monoisotopic (exact) mass is 446 g/mol. The van der Waals surface area contributed by atoms with Crippen LogP contribution in [0.5, 0.6) is 11.5 Å². The van der Waals surface area contributed by atoms with Crippen LogP contribution in [-0.4, -0.2) is 24.9 Å². The number of benzene rings is 3. The lowest BCUT2D eigenvalue weighted by atomic mass is 10.0. The Bertz CT molecular complexity index is 1120. The first-order valence-electron chi connectivity index (χ1n) is 10.4. The summed E-state index contributed by atoms with van der Waals surface area (Å²) >= 11 is 0. The number of carbonyl (C=O) groups is 3. The molecule has 2 N–H and O–H groups in total. The van der Waals surface area contributed by atoms with E-state index in [-0.39, 0.29) is 18.2 Å². The zero-order valence-electron chi connectivity index (χ0n) is 18.8. The summed E-state index contributed by atoms with van der Waals surface area (Å²) < 4.78 is 10.6. The van der Waals surface area contributed by atoms with Gasteiger partial charge in [-0.1, -0.05) is 42.0 Å². The first kappa shape index (κ1) is 23.5. The zero-order valence-corrected chi connectivity index (χ0v) is 18.8. The van der Waals surface area contributed by atoms with Crippen molar-refractivity contribution in [1.82, 2.24) is 5.32 Å². The van der Waals surface area contributed by atoms with E-state index in [1.54, 1.807) is 48.5 Å². The van der Waals surface area contributed by atoms with Crippen LogP contribution >= 0.6 is 0 Å². The minimum atomic E-state index is -0.491. The quantitative estimate of drug-likeness (QED) is 0.394. The predicted octanol–water partition coefficient (Wildman–Crippen LogP) is 4.43. The molecule has 3 rings (SSSR count). The fourth-order valence-electron chi connectivity index (χ4n) is 3.27. The van der Waals surface area contributed by atoms with E-state index in [1.165, 1.54) is 14.0 Å². The van der Waals surface area contributed by atoms with Crippen LogP contribution < -0.4 is 20.1 Å². The van der Waals surface area contributed by atoms with E-state index in [4.69, 9.17) is 9.47 Å². The van der Waals surface area contributed by atoms with Crippen molar-refractivity contribution in [3.05, 3.63) is 89.5 Å². The van der Waals surface area contributed by atoms with Crippen molar-refractivity contribution in [3.63, 3.8) is 0 Å². The van der Waals surface area contributed by atoms with E-state index in [0.29, 0.717) is 22.7 Å². The molecule has 3 aromatic rings. The van der Waals surface area contributed by atoms with Gasteiger partial charge >= 0.3 is 5.97 Å². The standard InChI is InChI=1S/C26H26N2O5/c1-17-8-10-19(11-9-17)23(27-18(2)29)16-25(30)33-21-14-12-20(13-15-21)28-26(31)22-6-4-5-7-24(22)32-3/h4-15,23H,16H2,1-3H3,(H,27,29)(H,28,31). The highest BCUT2D eigenvalue weighted by Crippen LogP contribution is 2.22. The molecule has 7 heteroatoms. The molecule has 3 aromatic carbocycles. The van der Waals surface area contributed by atoms with Crippen LogP contribution in [0.3, 0.4) is 0 Å². The van der Waals surface area contributed by atoms with Gasteiger partial charge in [0, 0.05) is 12.6 Å². The maximum atomic E-state index is 12.5. The fourth-order valence-corrected chi connectivity index (χ4v) is 3.27. The number of anilines is 1. The molecule has 7 nitrogen and oxygen atoms in total. The van der Waals surface area contributed by atoms with Crippen LogP contribution in [0, 0.1) is 6.92 Å². The Hall–Kier alpha value is -4.13. The topological polar surface area (TPSA) is 93.7 Å². The first-order chi connectivity index (χ1) is 15.9. The Balaban J connectivity index is 1.62. The second kappa shape index (κ2) is 10.9. The van der Waals surface area contributed by atoms with Gasteiger partial charge in [-0.25, -0.2) is 0 Å². The van der Waals surface area contributed by atoms with E-state index >= 15 is 0 Å². The average Bonchev–Trinajstić information content (AvgIpc) is 2.80. The lowest BCUT2D eigenvalue weighted by molar-refractivity contribution is -0.135. The predicted molar refractivity (Wildman–Crippen MR) is 125 cm³/mol. The number of carbonyl (C=O) groups excluding carboxylic acids is 3. The van der Waals surface area contributed by atoms with Crippen molar-refractivity contribution in [2.45, 2.75) is 26.3 Å². The fraction of sp³-hybridized carbons (Fsp3) is 0.192. The van der Waals surface area contributed by atoms with Crippen molar-refractivity contribution >= 4 is 23.5 Å². The Morgan fingerprint density at radius 3 is 2.21 bits per heavy atom. The Morgan fingerprint density at radius 1 is 0.909 bits per heavy atom. The lowest BCUT2D eigenvalue weighted by Gasteiger charge is -2.18. The molecular formula is C26H26N2O5. The summed E-state index contributed by atoms with van der Waals surface area (Å²) in [6, 6.07) is 20.5. The number of hydrogen-bond donors (Lipinski definition) is 2. The highest BCUT2D eigenvalue weighted by Gasteiger charge is 2.19. The molecule has 0 spiro atoms. The number of hydrogen-bond acceptors (Lipinski definition) is 5. The molecule has 0 fully saturated rings. The Labute approximate surface area is 192 Å². The molecule has 0 radical (unpaired) electrons. The molecule has 0 aliphatic heterocycles. The Kier molecular flexibility index (Phi) is 7.81.